The summed E-state index contributed by atoms with van der Waals surface area (Å²) in [6.45, 7) is 7.24. The average Bonchev–Trinajstić information content (AvgIpc) is 2.95. The number of carbonyl (C=O) groups excluding carboxylic acids is 1. The monoisotopic (exact) mass is 325 g/mol. The van der Waals surface area contributed by atoms with Crippen molar-refractivity contribution in [3.05, 3.63) is 36.4 Å². The van der Waals surface area contributed by atoms with E-state index in [-0.39, 0.29) is 6.09 Å². The van der Waals surface area contributed by atoms with Gasteiger partial charge >= 0.3 is 6.09 Å². The van der Waals surface area contributed by atoms with Crippen LogP contribution in [0, 0.1) is 11.8 Å². The smallest absolute Gasteiger partial charge is 0.410 e. The number of nitrogens with one attached hydrogen (secondary N) is 1. The summed E-state index contributed by atoms with van der Waals surface area (Å²) in [6.07, 6.45) is -0.197. The number of nitrogens with zero attached hydrogens (tertiary/aromatic N) is 2. The van der Waals surface area contributed by atoms with E-state index in [4.69, 9.17) is 4.74 Å². The fourth-order valence-corrected chi connectivity index (χ4v) is 3.53. The lowest BCUT2D eigenvalue weighted by atomic mass is 10.2. The summed E-state index contributed by atoms with van der Waals surface area (Å²) in [4.78, 5) is 18.6. The maximum Gasteiger partial charge on any atom is 0.410 e. The van der Waals surface area contributed by atoms with Gasteiger partial charge in [-0.05, 0) is 39.0 Å². The lowest BCUT2D eigenvalue weighted by Crippen LogP contribution is -2.38. The molecule has 2 aliphatic rings. The van der Waals surface area contributed by atoms with Gasteiger partial charge in [-0.1, -0.05) is 18.2 Å². The molecule has 4 rings (SSSR count). The third-order valence-corrected chi connectivity index (χ3v) is 4.76. The molecule has 2 atom stereocenters. The number of ether oxygens (including phenoxy) is 1. The van der Waals surface area contributed by atoms with E-state index >= 15 is 0 Å². The number of hydrogen-bond donors (Lipinski definition) is 1. The maximum atomic E-state index is 12.1. The summed E-state index contributed by atoms with van der Waals surface area (Å²) in [6, 6.07) is 12.7. The molecule has 0 spiro atoms. The highest BCUT2D eigenvalue weighted by Crippen LogP contribution is 2.47. The Morgan fingerprint density at radius 3 is 2.58 bits per heavy atom. The SMILES string of the molecule is CC(C)(C)OC(=O)N1CC2C(C1)C2Nc1ccc2ccccc2n1. The van der Waals surface area contributed by atoms with Crippen LogP contribution >= 0.6 is 0 Å². The Morgan fingerprint density at radius 2 is 1.88 bits per heavy atom. The van der Waals surface area contributed by atoms with Gasteiger partial charge in [0.1, 0.15) is 11.4 Å². The first-order valence-electron chi connectivity index (χ1n) is 8.51. The third-order valence-electron chi connectivity index (χ3n) is 4.76. The predicted octanol–water partition coefficient (Wildman–Crippen LogP) is 3.51. The van der Waals surface area contributed by atoms with Crippen LogP contribution in [0.25, 0.3) is 10.9 Å². The van der Waals surface area contributed by atoms with Crippen LogP contribution in [-0.4, -0.2) is 40.7 Å². The first-order valence-corrected chi connectivity index (χ1v) is 8.51. The molecule has 5 nitrogen and oxygen atoms in total. The molecule has 1 aliphatic heterocycles. The first kappa shape index (κ1) is 15.2. The molecule has 2 heterocycles. The van der Waals surface area contributed by atoms with Crippen molar-refractivity contribution >= 4 is 22.8 Å². The fourth-order valence-electron chi connectivity index (χ4n) is 3.53. The molecule has 126 valence electrons. The number of pyridine rings is 1. The summed E-state index contributed by atoms with van der Waals surface area (Å²) >= 11 is 0. The van der Waals surface area contributed by atoms with Crippen molar-refractivity contribution in [2.24, 2.45) is 11.8 Å². The molecule has 1 aliphatic carbocycles. The van der Waals surface area contributed by atoms with E-state index < -0.39 is 5.60 Å². The van der Waals surface area contributed by atoms with Crippen LogP contribution in [0.3, 0.4) is 0 Å². The van der Waals surface area contributed by atoms with E-state index in [1.807, 2.05) is 49.9 Å². The zero-order valence-electron chi connectivity index (χ0n) is 14.3. The van der Waals surface area contributed by atoms with Gasteiger partial charge in [0, 0.05) is 36.4 Å². The van der Waals surface area contributed by atoms with Crippen LogP contribution in [0.1, 0.15) is 20.8 Å². The normalized spacial score (nSPS) is 25.5. The van der Waals surface area contributed by atoms with Crippen LogP contribution in [0.15, 0.2) is 36.4 Å². The number of piperidine rings is 1. The second-order valence-electron chi connectivity index (χ2n) is 7.77. The van der Waals surface area contributed by atoms with E-state index in [0.29, 0.717) is 17.9 Å². The number of benzene rings is 1. The minimum Gasteiger partial charge on any atom is -0.444 e. The van der Waals surface area contributed by atoms with E-state index in [1.165, 1.54) is 0 Å². The van der Waals surface area contributed by atoms with Gasteiger partial charge in [0.15, 0.2) is 0 Å². The molecule has 1 saturated carbocycles. The minimum absolute atomic E-state index is 0.197. The zero-order valence-corrected chi connectivity index (χ0v) is 14.3. The molecule has 1 saturated heterocycles. The van der Waals surface area contributed by atoms with Gasteiger partial charge in [0.05, 0.1) is 5.52 Å². The van der Waals surface area contributed by atoms with Crippen molar-refractivity contribution in [1.29, 1.82) is 0 Å². The number of likely N-dealkylation sites (tertiary alicyclic amines) is 1. The second kappa shape index (κ2) is 5.36. The number of para-hydroxylation sites is 1. The fraction of sp³-hybridized carbons (Fsp3) is 0.474. The Labute approximate surface area is 142 Å². The quantitative estimate of drug-likeness (QED) is 0.918. The Balaban J connectivity index is 1.36. The van der Waals surface area contributed by atoms with Crippen molar-refractivity contribution in [3.8, 4) is 0 Å². The standard InChI is InChI=1S/C19H23N3O2/c1-19(2,3)24-18(23)22-10-13-14(11-22)17(13)21-16-9-8-12-6-4-5-7-15(12)20-16/h4-9,13-14,17H,10-11H2,1-3H3,(H,20,21). The highest BCUT2D eigenvalue weighted by atomic mass is 16.6. The lowest BCUT2D eigenvalue weighted by molar-refractivity contribution is 0.0272. The minimum atomic E-state index is -0.434. The van der Waals surface area contributed by atoms with E-state index in [1.54, 1.807) is 0 Å². The first-order chi connectivity index (χ1) is 11.4. The topological polar surface area (TPSA) is 54.5 Å². The van der Waals surface area contributed by atoms with Crippen molar-refractivity contribution in [3.63, 3.8) is 0 Å². The molecular formula is C19H23N3O2. The summed E-state index contributed by atoms with van der Waals surface area (Å²) < 4.78 is 5.45. The van der Waals surface area contributed by atoms with Crippen LogP contribution in [0.2, 0.25) is 0 Å². The highest BCUT2D eigenvalue weighted by molar-refractivity contribution is 5.80. The van der Waals surface area contributed by atoms with Crippen molar-refractivity contribution < 1.29 is 9.53 Å². The molecule has 1 aromatic heterocycles. The molecule has 2 fully saturated rings. The molecule has 1 N–H and O–H groups in total. The number of fused-ring (bicyclic) bond motifs is 2. The number of rotatable bonds is 2. The Bertz CT molecular complexity index is 772. The van der Waals surface area contributed by atoms with Crippen LogP contribution in [0.5, 0.6) is 0 Å². The van der Waals surface area contributed by atoms with Gasteiger partial charge in [-0.25, -0.2) is 9.78 Å². The molecule has 0 bridgehead atoms. The number of aromatic nitrogens is 1. The number of carbonyl (C=O) groups is 1. The van der Waals surface area contributed by atoms with Gasteiger partial charge in [-0.3, -0.25) is 0 Å². The molecule has 2 unspecified atom stereocenters. The Kier molecular flexibility index (Phi) is 3.41. The Hall–Kier alpha value is -2.30. The van der Waals surface area contributed by atoms with Crippen molar-refractivity contribution in [1.82, 2.24) is 9.88 Å². The molecule has 1 aromatic carbocycles. The zero-order chi connectivity index (χ0) is 16.9. The van der Waals surface area contributed by atoms with Crippen molar-refractivity contribution in [2.45, 2.75) is 32.4 Å². The van der Waals surface area contributed by atoms with Crippen LogP contribution < -0.4 is 5.32 Å². The van der Waals surface area contributed by atoms with Gasteiger partial charge in [-0.15, -0.1) is 0 Å². The molecule has 5 heteroatoms. The third kappa shape index (κ3) is 2.90. The average molecular weight is 325 g/mol. The molecule has 24 heavy (non-hydrogen) atoms. The number of amides is 1. The number of anilines is 1. The van der Waals surface area contributed by atoms with Crippen molar-refractivity contribution in [2.75, 3.05) is 18.4 Å². The molecular weight excluding hydrogens is 302 g/mol. The molecule has 1 amide bonds. The van der Waals surface area contributed by atoms with Gasteiger partial charge < -0.3 is 15.0 Å². The summed E-state index contributed by atoms with van der Waals surface area (Å²) in [7, 11) is 0. The predicted molar refractivity (Wildman–Crippen MR) is 93.9 cm³/mol. The van der Waals surface area contributed by atoms with Crippen LogP contribution in [-0.2, 0) is 4.74 Å². The summed E-state index contributed by atoms with van der Waals surface area (Å²) in [5.74, 6) is 1.92. The van der Waals surface area contributed by atoms with Gasteiger partial charge in [0.25, 0.3) is 0 Å². The molecule has 2 aromatic rings. The Morgan fingerprint density at radius 1 is 1.17 bits per heavy atom. The highest BCUT2D eigenvalue weighted by Gasteiger charge is 2.57. The lowest BCUT2D eigenvalue weighted by Gasteiger charge is -2.26. The largest absolute Gasteiger partial charge is 0.444 e. The van der Waals surface area contributed by atoms with Crippen LogP contribution in [0.4, 0.5) is 10.6 Å². The summed E-state index contributed by atoms with van der Waals surface area (Å²) in [5, 5.41) is 4.68. The second-order valence-corrected chi connectivity index (χ2v) is 7.77. The van der Waals surface area contributed by atoms with E-state index in [2.05, 4.69) is 22.4 Å². The number of hydrogen-bond acceptors (Lipinski definition) is 4. The summed E-state index contributed by atoms with van der Waals surface area (Å²) in [5.41, 5.74) is 0.569. The molecule has 0 radical (unpaired) electrons. The van der Waals surface area contributed by atoms with Gasteiger partial charge in [-0.2, -0.15) is 0 Å². The maximum absolute atomic E-state index is 12.1. The van der Waals surface area contributed by atoms with E-state index in [9.17, 15) is 4.79 Å². The van der Waals surface area contributed by atoms with Gasteiger partial charge in [0.2, 0.25) is 0 Å². The van der Waals surface area contributed by atoms with E-state index in [0.717, 1.165) is 29.8 Å².